The molecule has 0 aliphatic heterocycles. The van der Waals surface area contributed by atoms with Gasteiger partial charge in [0.05, 0.1) is 22.1 Å². The Balaban J connectivity index is 0.000000143. The number of nitrogens with zero attached hydrogens (tertiary/aromatic N) is 4. The van der Waals surface area contributed by atoms with Crippen LogP contribution in [0.5, 0.6) is 0 Å². The highest BCUT2D eigenvalue weighted by molar-refractivity contribution is 7.25. The fraction of sp³-hybridized carbons (Fsp3) is 0. The normalized spacial score (nSPS) is 11.6. The largest absolute Gasteiger partial charge is 0.456 e. The summed E-state index contributed by atoms with van der Waals surface area (Å²) in [6.07, 6.45) is 0. The number of thiophene rings is 1. The van der Waals surface area contributed by atoms with E-state index in [9.17, 15) is 8.78 Å². The summed E-state index contributed by atoms with van der Waals surface area (Å²) in [7, 11) is 0. The number of para-hydroxylation sites is 5. The Morgan fingerprint density at radius 2 is 0.538 bits per heavy atom. The standard InChI is InChI=1S/C48H31FN2O.C48H31FN2S/c2*49-36-21-14-32(15-22-36)33-16-23-38(24-17-33)50(40-27-29-44-43-11-5-7-13-47(43)52-48(44)31-40)39-25-18-34(19-26-39)35-20-28-42-41-10-4-6-12-45(41)51(46(42)30-35)37-8-2-1-3-9-37/h2*1-31H. The van der Waals surface area contributed by atoms with Crippen molar-refractivity contribution in [3.05, 3.63) is 388 Å². The van der Waals surface area contributed by atoms with Crippen LogP contribution >= 0.6 is 11.3 Å². The number of furan rings is 1. The lowest BCUT2D eigenvalue weighted by Gasteiger charge is -2.26. The van der Waals surface area contributed by atoms with Gasteiger partial charge in [0.15, 0.2) is 0 Å². The first-order valence-electron chi connectivity index (χ1n) is 34.9. The minimum absolute atomic E-state index is 0.231. The summed E-state index contributed by atoms with van der Waals surface area (Å²) in [6.45, 7) is 0. The lowest BCUT2D eigenvalue weighted by molar-refractivity contribution is 0.627. The zero-order chi connectivity index (χ0) is 69.2. The zero-order valence-corrected chi connectivity index (χ0v) is 57.0. The average molecular weight is 1360 g/mol. The molecule has 16 aromatic carbocycles. The molecule has 0 bridgehead atoms. The number of hydrogen-bond donors (Lipinski definition) is 0. The number of benzene rings is 16. The molecule has 0 aliphatic rings. The Bertz CT molecular complexity index is 6180. The van der Waals surface area contributed by atoms with E-state index in [0.29, 0.717) is 0 Å². The van der Waals surface area contributed by atoms with E-state index >= 15 is 0 Å². The Morgan fingerprint density at radius 3 is 1.01 bits per heavy atom. The SMILES string of the molecule is Fc1ccc(-c2ccc(N(c3ccc(-c4ccc5c6ccccc6n(-c6ccccc6)c5c4)cc3)c3ccc4c(c3)oc3ccccc34)cc2)cc1.Fc1ccc(-c2ccc(N(c3ccc(-c4ccc5c6ccccc6n(-c6ccccc6)c5c4)cc3)c3ccc4c(c3)sc3ccccc34)cc2)cc1. The molecule has 5 nitrogen and oxygen atoms in total. The molecule has 4 aromatic heterocycles. The van der Waals surface area contributed by atoms with Crippen molar-refractivity contribution in [1.82, 2.24) is 9.13 Å². The van der Waals surface area contributed by atoms with Gasteiger partial charge in [-0.2, -0.15) is 0 Å². The topological polar surface area (TPSA) is 29.5 Å². The Labute approximate surface area is 603 Å². The van der Waals surface area contributed by atoms with Gasteiger partial charge in [-0.15, -0.1) is 11.3 Å². The maximum absolute atomic E-state index is 13.7. The number of halogens is 2. The summed E-state index contributed by atoms with van der Waals surface area (Å²) >= 11 is 1.83. The molecule has 0 unspecified atom stereocenters. The fourth-order valence-electron chi connectivity index (χ4n) is 15.1. The minimum atomic E-state index is -0.241. The molecule has 0 spiro atoms. The third kappa shape index (κ3) is 11.2. The smallest absolute Gasteiger partial charge is 0.137 e. The first-order chi connectivity index (χ1) is 51.3. The van der Waals surface area contributed by atoms with Crippen molar-refractivity contribution in [3.8, 4) is 55.9 Å². The molecule has 20 aromatic rings. The van der Waals surface area contributed by atoms with E-state index < -0.39 is 0 Å². The first kappa shape index (κ1) is 61.7. The second-order valence-corrected chi connectivity index (χ2v) is 27.4. The molecule has 492 valence electrons. The van der Waals surface area contributed by atoms with Crippen LogP contribution in [0.25, 0.3) is 142 Å². The molecule has 20 rings (SSSR count). The first-order valence-corrected chi connectivity index (χ1v) is 35.7. The number of anilines is 6. The number of hydrogen-bond acceptors (Lipinski definition) is 4. The van der Waals surface area contributed by atoms with E-state index in [4.69, 9.17) is 4.42 Å². The van der Waals surface area contributed by atoms with Crippen LogP contribution in [0.1, 0.15) is 0 Å². The predicted octanol–water partition coefficient (Wildman–Crippen LogP) is 27.7. The van der Waals surface area contributed by atoms with E-state index in [1.54, 1.807) is 0 Å². The molecule has 0 aliphatic carbocycles. The second kappa shape index (κ2) is 26.0. The monoisotopic (exact) mass is 1360 g/mol. The molecule has 0 fully saturated rings. The van der Waals surface area contributed by atoms with Crippen molar-refractivity contribution in [2.45, 2.75) is 0 Å². The molecule has 0 atom stereocenters. The van der Waals surface area contributed by atoms with Gasteiger partial charge in [0, 0.05) is 104 Å². The van der Waals surface area contributed by atoms with Gasteiger partial charge < -0.3 is 23.4 Å². The molecule has 0 amide bonds. The molecular weight excluding hydrogens is 1300 g/mol. The maximum Gasteiger partial charge on any atom is 0.137 e. The van der Waals surface area contributed by atoms with Crippen LogP contribution in [-0.2, 0) is 0 Å². The summed E-state index contributed by atoms with van der Waals surface area (Å²) in [6, 6.07) is 130. The summed E-state index contributed by atoms with van der Waals surface area (Å²) in [4.78, 5) is 4.57. The van der Waals surface area contributed by atoms with Gasteiger partial charge in [-0.3, -0.25) is 0 Å². The van der Waals surface area contributed by atoms with Gasteiger partial charge in [0.1, 0.15) is 22.8 Å². The van der Waals surface area contributed by atoms with Crippen molar-refractivity contribution in [2.24, 2.45) is 0 Å². The van der Waals surface area contributed by atoms with Gasteiger partial charge in [0.2, 0.25) is 0 Å². The van der Waals surface area contributed by atoms with Crippen LogP contribution in [0.4, 0.5) is 42.9 Å². The van der Waals surface area contributed by atoms with E-state index in [1.807, 2.05) is 53.8 Å². The summed E-state index contributed by atoms with van der Waals surface area (Å²) in [5.41, 5.74) is 23.6. The van der Waals surface area contributed by atoms with Crippen LogP contribution in [0, 0.1) is 11.6 Å². The lowest BCUT2D eigenvalue weighted by atomic mass is 10.0. The van der Waals surface area contributed by atoms with Crippen LogP contribution in [0.3, 0.4) is 0 Å². The highest BCUT2D eigenvalue weighted by Gasteiger charge is 2.21. The molecular formula is C96H62F2N4OS. The molecule has 0 saturated heterocycles. The van der Waals surface area contributed by atoms with Crippen molar-refractivity contribution >= 4 is 131 Å². The third-order valence-electron chi connectivity index (χ3n) is 20.1. The quantitative estimate of drug-likeness (QED) is 0.122. The Hall–Kier alpha value is -13.4. The van der Waals surface area contributed by atoms with Crippen LogP contribution in [0.15, 0.2) is 381 Å². The summed E-state index contributed by atoms with van der Waals surface area (Å²) in [5, 5.41) is 9.72. The lowest BCUT2D eigenvalue weighted by Crippen LogP contribution is -2.09. The molecule has 8 heteroatoms. The van der Waals surface area contributed by atoms with E-state index in [0.717, 1.165) is 106 Å². The highest BCUT2D eigenvalue weighted by atomic mass is 32.1. The summed E-state index contributed by atoms with van der Waals surface area (Å²) in [5.74, 6) is -0.473. The fourth-order valence-corrected chi connectivity index (χ4v) is 16.2. The van der Waals surface area contributed by atoms with Crippen molar-refractivity contribution in [1.29, 1.82) is 0 Å². The third-order valence-corrected chi connectivity index (χ3v) is 21.3. The zero-order valence-electron chi connectivity index (χ0n) is 56.2. The Kier molecular flexibility index (Phi) is 15.4. The van der Waals surface area contributed by atoms with E-state index in [-0.39, 0.29) is 11.6 Å². The predicted molar refractivity (Wildman–Crippen MR) is 433 cm³/mol. The van der Waals surface area contributed by atoms with Gasteiger partial charge in [-0.25, -0.2) is 8.78 Å². The maximum atomic E-state index is 13.7. The van der Waals surface area contributed by atoms with Crippen LogP contribution < -0.4 is 9.80 Å². The molecule has 0 saturated carbocycles. The van der Waals surface area contributed by atoms with Crippen LogP contribution in [-0.4, -0.2) is 9.13 Å². The highest BCUT2D eigenvalue weighted by Crippen LogP contribution is 2.45. The second-order valence-electron chi connectivity index (χ2n) is 26.3. The minimum Gasteiger partial charge on any atom is -0.456 e. The average Bonchev–Trinajstić information content (AvgIpc) is 1.46. The van der Waals surface area contributed by atoms with Gasteiger partial charge in [0.25, 0.3) is 0 Å². The molecule has 4 heterocycles. The van der Waals surface area contributed by atoms with Gasteiger partial charge in [-0.1, -0.05) is 212 Å². The molecule has 0 N–H and O–H groups in total. The van der Waals surface area contributed by atoms with Crippen molar-refractivity contribution in [3.63, 3.8) is 0 Å². The van der Waals surface area contributed by atoms with E-state index in [1.165, 1.54) is 93.6 Å². The summed E-state index contributed by atoms with van der Waals surface area (Å²) < 4.78 is 40.9. The van der Waals surface area contributed by atoms with E-state index in [2.05, 4.69) is 328 Å². The molecule has 104 heavy (non-hydrogen) atoms. The van der Waals surface area contributed by atoms with Crippen molar-refractivity contribution < 1.29 is 13.2 Å². The molecule has 0 radical (unpaired) electrons. The van der Waals surface area contributed by atoms with Gasteiger partial charge >= 0.3 is 0 Å². The Morgan fingerprint density at radius 1 is 0.221 bits per heavy atom. The van der Waals surface area contributed by atoms with Crippen LogP contribution in [0.2, 0.25) is 0 Å². The van der Waals surface area contributed by atoms with Crippen molar-refractivity contribution in [2.75, 3.05) is 9.80 Å². The van der Waals surface area contributed by atoms with Gasteiger partial charge in [-0.05, 0) is 202 Å². The number of aromatic nitrogens is 2. The number of rotatable bonds is 12. The number of fused-ring (bicyclic) bond motifs is 12.